The number of rotatable bonds is 4. The summed E-state index contributed by atoms with van der Waals surface area (Å²) < 4.78 is 0. The highest BCUT2D eigenvalue weighted by Crippen LogP contribution is 1.92. The topological polar surface area (TPSA) is 24.7 Å². The number of hydrogen-bond acceptors (Lipinski definition) is 2. The summed E-state index contributed by atoms with van der Waals surface area (Å²) in [5, 5.41) is 0. The Balaban J connectivity index is 4.54. The third-order valence-electron chi connectivity index (χ3n) is 1.10. The zero-order valence-electron chi connectivity index (χ0n) is 7.62. The standard InChI is InChI=1S/C10H14N2/c1-5-7-12-10(9(3)4)8-11-6-2/h5-8H,2-3H2,1,4H3/b7-5-,11-8-,12-10-. The molecular formula is C10H14N2. The van der Waals surface area contributed by atoms with E-state index in [9.17, 15) is 0 Å². The summed E-state index contributed by atoms with van der Waals surface area (Å²) in [5.74, 6) is 0. The summed E-state index contributed by atoms with van der Waals surface area (Å²) >= 11 is 0. The molecule has 0 rings (SSSR count). The van der Waals surface area contributed by atoms with Gasteiger partial charge >= 0.3 is 0 Å². The monoisotopic (exact) mass is 162 g/mol. The maximum absolute atomic E-state index is 4.12. The van der Waals surface area contributed by atoms with Crippen LogP contribution < -0.4 is 0 Å². The Morgan fingerprint density at radius 3 is 2.50 bits per heavy atom. The van der Waals surface area contributed by atoms with Crippen molar-refractivity contribution in [3.05, 3.63) is 37.2 Å². The lowest BCUT2D eigenvalue weighted by atomic mass is 10.2. The molecule has 0 bridgehead atoms. The van der Waals surface area contributed by atoms with Crippen LogP contribution in [-0.4, -0.2) is 11.9 Å². The average Bonchev–Trinajstić information content (AvgIpc) is 2.04. The Kier molecular flexibility index (Phi) is 5.53. The lowest BCUT2D eigenvalue weighted by Gasteiger charge is -1.94. The van der Waals surface area contributed by atoms with Crippen LogP contribution >= 0.6 is 0 Å². The van der Waals surface area contributed by atoms with E-state index in [0.29, 0.717) is 0 Å². The van der Waals surface area contributed by atoms with Gasteiger partial charge in [0.2, 0.25) is 0 Å². The minimum atomic E-state index is 0.771. The van der Waals surface area contributed by atoms with Crippen molar-refractivity contribution < 1.29 is 0 Å². The van der Waals surface area contributed by atoms with Gasteiger partial charge in [-0.15, -0.1) is 0 Å². The number of aliphatic imine (C=N–C) groups is 2. The zero-order valence-corrected chi connectivity index (χ0v) is 7.62. The van der Waals surface area contributed by atoms with Gasteiger partial charge in [-0.2, -0.15) is 0 Å². The predicted octanol–water partition coefficient (Wildman–Crippen LogP) is 2.75. The highest BCUT2D eigenvalue weighted by molar-refractivity contribution is 6.38. The van der Waals surface area contributed by atoms with Gasteiger partial charge in [-0.3, -0.25) is 9.98 Å². The van der Waals surface area contributed by atoms with E-state index < -0.39 is 0 Å². The van der Waals surface area contributed by atoms with E-state index in [0.717, 1.165) is 11.3 Å². The zero-order chi connectivity index (χ0) is 9.40. The van der Waals surface area contributed by atoms with Crippen LogP contribution in [0.3, 0.4) is 0 Å². The molecule has 0 fully saturated rings. The summed E-state index contributed by atoms with van der Waals surface area (Å²) in [6, 6.07) is 0. The molecule has 0 aliphatic heterocycles. The highest BCUT2D eigenvalue weighted by Gasteiger charge is 1.92. The Morgan fingerprint density at radius 2 is 2.08 bits per heavy atom. The van der Waals surface area contributed by atoms with Gasteiger partial charge in [-0.25, -0.2) is 0 Å². The van der Waals surface area contributed by atoms with Crippen molar-refractivity contribution in [3.63, 3.8) is 0 Å². The number of nitrogens with zero attached hydrogens (tertiary/aromatic N) is 2. The second-order valence-electron chi connectivity index (χ2n) is 2.24. The summed E-state index contributed by atoms with van der Waals surface area (Å²) in [4.78, 5) is 7.98. The predicted molar refractivity (Wildman–Crippen MR) is 55.8 cm³/mol. The second kappa shape index (κ2) is 6.28. The molecule has 12 heavy (non-hydrogen) atoms. The molecule has 0 saturated carbocycles. The van der Waals surface area contributed by atoms with E-state index in [4.69, 9.17) is 0 Å². The lowest BCUT2D eigenvalue weighted by Crippen LogP contribution is -1.99. The summed E-state index contributed by atoms with van der Waals surface area (Å²) in [5.41, 5.74) is 1.66. The molecule has 0 unspecified atom stereocenters. The maximum Gasteiger partial charge on any atom is 0.0835 e. The van der Waals surface area contributed by atoms with Crippen LogP contribution in [0.2, 0.25) is 0 Å². The largest absolute Gasteiger partial charge is 0.263 e. The number of allylic oxidation sites excluding steroid dienone is 2. The minimum Gasteiger partial charge on any atom is -0.263 e. The molecule has 0 aromatic carbocycles. The fraction of sp³-hybridized carbons (Fsp3) is 0.200. The van der Waals surface area contributed by atoms with Crippen LogP contribution in [0.25, 0.3) is 0 Å². The van der Waals surface area contributed by atoms with Gasteiger partial charge in [0.05, 0.1) is 11.9 Å². The van der Waals surface area contributed by atoms with E-state index in [2.05, 4.69) is 23.1 Å². The third-order valence-corrected chi connectivity index (χ3v) is 1.10. The van der Waals surface area contributed by atoms with Crippen molar-refractivity contribution in [3.8, 4) is 0 Å². The summed E-state index contributed by atoms with van der Waals surface area (Å²) in [6.45, 7) is 11.0. The van der Waals surface area contributed by atoms with Crippen molar-refractivity contribution in [2.75, 3.05) is 0 Å². The normalized spacial score (nSPS) is 12.7. The maximum atomic E-state index is 4.12. The lowest BCUT2D eigenvalue weighted by molar-refractivity contribution is 1.49. The third kappa shape index (κ3) is 4.39. The van der Waals surface area contributed by atoms with Crippen molar-refractivity contribution in [1.29, 1.82) is 0 Å². The van der Waals surface area contributed by atoms with Crippen molar-refractivity contribution in [1.82, 2.24) is 0 Å². The molecule has 0 radical (unpaired) electrons. The fourth-order valence-electron chi connectivity index (χ4n) is 0.532. The van der Waals surface area contributed by atoms with E-state index in [-0.39, 0.29) is 0 Å². The molecule has 2 heteroatoms. The van der Waals surface area contributed by atoms with Crippen molar-refractivity contribution in [2.45, 2.75) is 13.8 Å². The first-order valence-electron chi connectivity index (χ1n) is 3.71. The van der Waals surface area contributed by atoms with E-state index in [1.54, 1.807) is 12.4 Å². The van der Waals surface area contributed by atoms with Crippen LogP contribution in [-0.2, 0) is 0 Å². The SMILES string of the molecule is C=C\N=C/C(=N/C=C\C)C(=C)C. The highest BCUT2D eigenvalue weighted by atomic mass is 14.7. The molecule has 0 saturated heterocycles. The molecule has 0 amide bonds. The summed E-state index contributed by atoms with van der Waals surface area (Å²) in [7, 11) is 0. The Hall–Kier alpha value is -1.44. The second-order valence-corrected chi connectivity index (χ2v) is 2.24. The summed E-state index contributed by atoms with van der Waals surface area (Å²) in [6.07, 6.45) is 6.66. The van der Waals surface area contributed by atoms with Gasteiger partial charge in [-0.1, -0.05) is 19.2 Å². The number of hydrogen-bond donors (Lipinski definition) is 0. The molecule has 0 spiro atoms. The molecule has 0 aromatic heterocycles. The first kappa shape index (κ1) is 10.6. The van der Waals surface area contributed by atoms with Gasteiger partial charge in [0.15, 0.2) is 0 Å². The van der Waals surface area contributed by atoms with Gasteiger partial charge in [0, 0.05) is 12.4 Å². The van der Waals surface area contributed by atoms with E-state index in [1.165, 1.54) is 6.20 Å². The van der Waals surface area contributed by atoms with Crippen molar-refractivity contribution in [2.24, 2.45) is 9.98 Å². The van der Waals surface area contributed by atoms with Crippen LogP contribution in [0.15, 0.2) is 47.2 Å². The van der Waals surface area contributed by atoms with Crippen LogP contribution in [0.5, 0.6) is 0 Å². The molecule has 2 nitrogen and oxygen atoms in total. The first-order chi connectivity index (χ1) is 5.72. The van der Waals surface area contributed by atoms with Gasteiger partial charge in [0.1, 0.15) is 0 Å². The van der Waals surface area contributed by atoms with Gasteiger partial charge in [0.25, 0.3) is 0 Å². The molecular weight excluding hydrogens is 148 g/mol. The molecule has 64 valence electrons. The molecule has 0 atom stereocenters. The first-order valence-corrected chi connectivity index (χ1v) is 3.71. The van der Waals surface area contributed by atoms with Gasteiger partial charge < -0.3 is 0 Å². The van der Waals surface area contributed by atoms with Crippen molar-refractivity contribution >= 4 is 11.9 Å². The Labute approximate surface area is 73.7 Å². The Bertz CT molecular complexity index is 245. The molecule has 0 aromatic rings. The quantitative estimate of drug-likeness (QED) is 0.568. The van der Waals surface area contributed by atoms with Crippen LogP contribution in [0.1, 0.15) is 13.8 Å². The van der Waals surface area contributed by atoms with E-state index in [1.807, 2.05) is 19.9 Å². The minimum absolute atomic E-state index is 0.771. The van der Waals surface area contributed by atoms with Gasteiger partial charge in [-0.05, 0) is 19.4 Å². The molecule has 0 N–H and O–H groups in total. The average molecular weight is 162 g/mol. The Morgan fingerprint density at radius 1 is 1.42 bits per heavy atom. The molecule has 0 aliphatic carbocycles. The van der Waals surface area contributed by atoms with Crippen LogP contribution in [0, 0.1) is 0 Å². The van der Waals surface area contributed by atoms with Crippen LogP contribution in [0.4, 0.5) is 0 Å². The van der Waals surface area contributed by atoms with E-state index >= 15 is 0 Å². The fourth-order valence-corrected chi connectivity index (χ4v) is 0.532. The molecule has 0 heterocycles. The smallest absolute Gasteiger partial charge is 0.0835 e. The molecule has 0 aliphatic rings.